The number of likely N-dealkylation sites (tertiary alicyclic amines) is 1. The number of carbonyl (C=O) groups excluding carboxylic acids is 2. The van der Waals surface area contributed by atoms with Crippen LogP contribution in [0.1, 0.15) is 38.3 Å². The van der Waals surface area contributed by atoms with Gasteiger partial charge in [-0.2, -0.15) is 0 Å². The predicted molar refractivity (Wildman–Crippen MR) is 98.6 cm³/mol. The van der Waals surface area contributed by atoms with Gasteiger partial charge in [-0.05, 0) is 50.9 Å². The maximum absolute atomic E-state index is 12.3. The number of anilines is 1. The molecule has 1 N–H and O–H groups in total. The molecule has 2 fully saturated rings. The molecule has 2 aliphatic rings. The highest BCUT2D eigenvalue weighted by atomic mass is 16.2. The summed E-state index contributed by atoms with van der Waals surface area (Å²) in [5.74, 6) is -0.136. The highest BCUT2D eigenvalue weighted by Crippen LogP contribution is 2.33. The molecular weight excluding hydrogens is 316 g/mol. The Morgan fingerprint density at radius 1 is 1.24 bits per heavy atom. The van der Waals surface area contributed by atoms with E-state index < -0.39 is 5.54 Å². The van der Waals surface area contributed by atoms with Gasteiger partial charge in [0.15, 0.2) is 0 Å². The fourth-order valence-electron chi connectivity index (χ4n) is 3.73. The highest BCUT2D eigenvalue weighted by Gasteiger charge is 2.44. The first-order valence-corrected chi connectivity index (χ1v) is 8.95. The van der Waals surface area contributed by atoms with E-state index >= 15 is 0 Å². The molecule has 1 aromatic rings. The van der Waals surface area contributed by atoms with E-state index in [2.05, 4.69) is 39.4 Å². The quantitative estimate of drug-likeness (QED) is 0.832. The lowest BCUT2D eigenvalue weighted by atomic mass is 10.0. The van der Waals surface area contributed by atoms with Gasteiger partial charge in [-0.1, -0.05) is 12.1 Å². The zero-order valence-corrected chi connectivity index (χ0v) is 15.6. The molecule has 1 atom stereocenters. The molecule has 2 saturated heterocycles. The van der Waals surface area contributed by atoms with E-state index in [1.54, 1.807) is 13.8 Å². The Kier molecular flexibility index (Phi) is 4.73. The van der Waals surface area contributed by atoms with Crippen LogP contribution in [0.15, 0.2) is 24.3 Å². The van der Waals surface area contributed by atoms with Crippen LogP contribution in [0.4, 0.5) is 10.5 Å². The SMILES string of the molecule is CN(C)c1cccc(C2CCCN2CCN2C(=O)NC(C)(C)C2=O)c1. The molecule has 0 aliphatic carbocycles. The van der Waals surface area contributed by atoms with Crippen LogP contribution in [0.5, 0.6) is 0 Å². The number of hydrogen-bond acceptors (Lipinski definition) is 4. The summed E-state index contributed by atoms with van der Waals surface area (Å²) in [6.07, 6.45) is 2.25. The molecule has 2 aliphatic heterocycles. The molecule has 136 valence electrons. The molecule has 0 radical (unpaired) electrons. The van der Waals surface area contributed by atoms with E-state index in [0.29, 0.717) is 19.1 Å². The maximum atomic E-state index is 12.3. The molecule has 0 bridgehead atoms. The van der Waals surface area contributed by atoms with Gasteiger partial charge in [0.05, 0.1) is 0 Å². The topological polar surface area (TPSA) is 55.9 Å². The summed E-state index contributed by atoms with van der Waals surface area (Å²) in [5, 5.41) is 2.74. The number of hydrogen-bond donors (Lipinski definition) is 1. The molecule has 3 amide bonds. The van der Waals surface area contributed by atoms with Gasteiger partial charge in [-0.15, -0.1) is 0 Å². The molecule has 1 unspecified atom stereocenters. The van der Waals surface area contributed by atoms with Crippen molar-refractivity contribution in [2.75, 3.05) is 38.6 Å². The Morgan fingerprint density at radius 2 is 2.00 bits per heavy atom. The van der Waals surface area contributed by atoms with Crippen molar-refractivity contribution in [1.29, 1.82) is 0 Å². The largest absolute Gasteiger partial charge is 0.378 e. The molecule has 3 rings (SSSR count). The Balaban J connectivity index is 1.68. The summed E-state index contributed by atoms with van der Waals surface area (Å²) in [4.78, 5) is 30.2. The van der Waals surface area contributed by atoms with Crippen LogP contribution in [0.25, 0.3) is 0 Å². The minimum Gasteiger partial charge on any atom is -0.378 e. The number of carbonyl (C=O) groups is 2. The Bertz CT molecular complexity index is 671. The van der Waals surface area contributed by atoms with Crippen LogP contribution in [0, 0.1) is 0 Å². The van der Waals surface area contributed by atoms with Crippen molar-refractivity contribution in [3.63, 3.8) is 0 Å². The molecule has 25 heavy (non-hydrogen) atoms. The number of imide groups is 1. The van der Waals surface area contributed by atoms with Crippen molar-refractivity contribution in [2.24, 2.45) is 0 Å². The average Bonchev–Trinajstić information content (AvgIpc) is 3.09. The van der Waals surface area contributed by atoms with E-state index in [4.69, 9.17) is 0 Å². The summed E-state index contributed by atoms with van der Waals surface area (Å²) in [6.45, 7) is 5.66. The molecule has 6 nitrogen and oxygen atoms in total. The number of urea groups is 1. The highest BCUT2D eigenvalue weighted by molar-refractivity contribution is 6.06. The summed E-state index contributed by atoms with van der Waals surface area (Å²) in [7, 11) is 4.09. The van der Waals surface area contributed by atoms with Crippen molar-refractivity contribution in [3.05, 3.63) is 29.8 Å². The Labute approximate surface area is 149 Å². The minimum atomic E-state index is -0.790. The van der Waals surface area contributed by atoms with Gasteiger partial charge in [-0.25, -0.2) is 4.79 Å². The van der Waals surface area contributed by atoms with E-state index in [1.165, 1.54) is 16.2 Å². The second kappa shape index (κ2) is 6.67. The lowest BCUT2D eigenvalue weighted by molar-refractivity contribution is -0.130. The van der Waals surface area contributed by atoms with Crippen LogP contribution < -0.4 is 10.2 Å². The van der Waals surface area contributed by atoms with Gasteiger partial charge in [-0.3, -0.25) is 14.6 Å². The minimum absolute atomic E-state index is 0.136. The van der Waals surface area contributed by atoms with Gasteiger partial charge in [0.2, 0.25) is 0 Å². The van der Waals surface area contributed by atoms with Crippen molar-refractivity contribution < 1.29 is 9.59 Å². The van der Waals surface area contributed by atoms with Crippen LogP contribution in [0.2, 0.25) is 0 Å². The zero-order valence-electron chi connectivity index (χ0n) is 15.6. The first kappa shape index (κ1) is 17.7. The van der Waals surface area contributed by atoms with E-state index in [-0.39, 0.29) is 11.9 Å². The van der Waals surface area contributed by atoms with Crippen LogP contribution in [0.3, 0.4) is 0 Å². The van der Waals surface area contributed by atoms with Crippen molar-refractivity contribution >= 4 is 17.6 Å². The summed E-state index contributed by atoms with van der Waals surface area (Å²) >= 11 is 0. The van der Waals surface area contributed by atoms with Gasteiger partial charge in [0.25, 0.3) is 5.91 Å². The van der Waals surface area contributed by atoms with Crippen molar-refractivity contribution in [2.45, 2.75) is 38.3 Å². The normalized spacial score (nSPS) is 23.2. The van der Waals surface area contributed by atoms with Gasteiger partial charge in [0.1, 0.15) is 5.54 Å². The number of amides is 3. The molecule has 0 aromatic heterocycles. The summed E-state index contributed by atoms with van der Waals surface area (Å²) in [5.41, 5.74) is 1.71. The van der Waals surface area contributed by atoms with E-state index in [9.17, 15) is 9.59 Å². The number of rotatable bonds is 5. The van der Waals surface area contributed by atoms with Crippen molar-refractivity contribution in [3.8, 4) is 0 Å². The molecule has 1 aromatic carbocycles. The molecular formula is C19H28N4O2. The van der Waals surface area contributed by atoms with Crippen LogP contribution in [-0.4, -0.2) is 61.0 Å². The third-order valence-corrected chi connectivity index (χ3v) is 5.19. The Hall–Kier alpha value is -2.08. The lowest BCUT2D eigenvalue weighted by Gasteiger charge is -2.27. The standard InChI is InChI=1S/C19H28N4O2/c1-19(2)17(24)23(18(25)20-19)12-11-22-10-6-9-16(22)14-7-5-8-15(13-14)21(3)4/h5,7-8,13,16H,6,9-12H2,1-4H3,(H,20,25). The summed E-state index contributed by atoms with van der Waals surface area (Å²) < 4.78 is 0. The van der Waals surface area contributed by atoms with E-state index in [1.807, 2.05) is 14.1 Å². The van der Waals surface area contributed by atoms with Crippen LogP contribution >= 0.6 is 0 Å². The predicted octanol–water partition coefficient (Wildman–Crippen LogP) is 2.22. The average molecular weight is 344 g/mol. The number of nitrogens with zero attached hydrogens (tertiary/aromatic N) is 3. The molecule has 0 spiro atoms. The fraction of sp³-hybridized carbons (Fsp3) is 0.579. The number of nitrogens with one attached hydrogen (secondary N) is 1. The van der Waals surface area contributed by atoms with Crippen molar-refractivity contribution in [1.82, 2.24) is 15.1 Å². The smallest absolute Gasteiger partial charge is 0.325 e. The Morgan fingerprint density at radius 3 is 2.64 bits per heavy atom. The lowest BCUT2D eigenvalue weighted by Crippen LogP contribution is -2.41. The summed E-state index contributed by atoms with van der Waals surface area (Å²) in [6, 6.07) is 8.69. The van der Waals surface area contributed by atoms with Gasteiger partial charge >= 0.3 is 6.03 Å². The fourth-order valence-corrected chi connectivity index (χ4v) is 3.73. The van der Waals surface area contributed by atoms with E-state index in [0.717, 1.165) is 19.4 Å². The maximum Gasteiger partial charge on any atom is 0.325 e. The first-order valence-electron chi connectivity index (χ1n) is 8.95. The first-order chi connectivity index (χ1) is 11.8. The second-order valence-electron chi connectivity index (χ2n) is 7.70. The third-order valence-electron chi connectivity index (χ3n) is 5.19. The second-order valence-corrected chi connectivity index (χ2v) is 7.70. The van der Waals surface area contributed by atoms with Gasteiger partial charge < -0.3 is 10.2 Å². The molecule has 2 heterocycles. The molecule has 6 heteroatoms. The zero-order chi connectivity index (χ0) is 18.2. The molecule has 0 saturated carbocycles. The number of benzene rings is 1. The van der Waals surface area contributed by atoms with Crippen LogP contribution in [-0.2, 0) is 4.79 Å². The third kappa shape index (κ3) is 3.49. The van der Waals surface area contributed by atoms with Gasteiger partial charge in [0, 0.05) is 38.9 Å². The monoisotopic (exact) mass is 344 g/mol.